The van der Waals surface area contributed by atoms with Crippen molar-refractivity contribution in [2.24, 2.45) is 0 Å². The Hall–Kier alpha value is -6.39. The van der Waals surface area contributed by atoms with Crippen LogP contribution in [0.25, 0.3) is 66.7 Å². The van der Waals surface area contributed by atoms with Crippen LogP contribution in [0.5, 0.6) is 0 Å². The highest BCUT2D eigenvalue weighted by molar-refractivity contribution is 6.09. The van der Waals surface area contributed by atoms with E-state index in [1.165, 1.54) is 22.3 Å². The predicted octanol–water partition coefficient (Wildman–Crippen LogP) is 12.2. The zero-order chi connectivity index (χ0) is 31.2. The van der Waals surface area contributed by atoms with Gasteiger partial charge in [0.15, 0.2) is 5.58 Å². The minimum atomic E-state index is 0.604. The van der Waals surface area contributed by atoms with Gasteiger partial charge in [0.2, 0.25) is 5.89 Å². The second-order valence-electron chi connectivity index (χ2n) is 11.6. The van der Waals surface area contributed by atoms with E-state index in [-0.39, 0.29) is 0 Å². The number of hydrogen-bond donors (Lipinski definition) is 0. The van der Waals surface area contributed by atoms with Crippen molar-refractivity contribution in [3.8, 4) is 33.7 Å². The highest BCUT2D eigenvalue weighted by Gasteiger charge is 2.18. The molecule has 9 aromatic rings. The molecule has 0 radical (unpaired) electrons. The molecule has 0 atom stereocenters. The number of fused-ring (bicyclic) bond motifs is 4. The molecule has 4 heteroatoms. The highest BCUT2D eigenvalue weighted by atomic mass is 16.4. The van der Waals surface area contributed by atoms with E-state index in [1.807, 2.05) is 54.6 Å². The lowest BCUT2D eigenvalue weighted by atomic mass is 10.0. The molecule has 0 spiro atoms. The molecule has 2 aromatic heterocycles. The maximum atomic E-state index is 6.48. The summed E-state index contributed by atoms with van der Waals surface area (Å²) in [4.78, 5) is 7.02. The van der Waals surface area contributed by atoms with Gasteiger partial charge in [-0.3, -0.25) is 0 Å². The Morgan fingerprint density at radius 1 is 0.362 bits per heavy atom. The van der Waals surface area contributed by atoms with Crippen LogP contribution in [0.2, 0.25) is 0 Å². The van der Waals surface area contributed by atoms with E-state index < -0.39 is 0 Å². The zero-order valence-electron chi connectivity index (χ0n) is 25.4. The molecule has 0 fully saturated rings. The Labute approximate surface area is 271 Å². The van der Waals surface area contributed by atoms with Gasteiger partial charge in [-0.2, -0.15) is 0 Å². The molecule has 0 saturated heterocycles. The third-order valence-electron chi connectivity index (χ3n) is 8.71. The molecule has 222 valence electrons. The van der Waals surface area contributed by atoms with Crippen LogP contribution in [0.15, 0.2) is 179 Å². The molecule has 0 bridgehead atoms. The van der Waals surface area contributed by atoms with Gasteiger partial charge in [-0.15, -0.1) is 0 Å². The largest absolute Gasteiger partial charge is 0.456 e. The standard InChI is InChI=1S/C43H28N2O2/c1-4-10-29(11-5-1)31-16-20-34(21-17-31)45(35-22-18-32(19-23-35)30-12-6-2-7-13-30)36-24-25-37-38-27-42-39(28-41(38)46-40(37)26-36)44-43(47-42)33-14-8-3-9-15-33/h1-28H. The molecule has 0 amide bonds. The van der Waals surface area contributed by atoms with Crippen LogP contribution in [-0.4, -0.2) is 4.98 Å². The molecule has 9 rings (SSSR count). The van der Waals surface area contributed by atoms with Gasteiger partial charge in [-0.1, -0.05) is 103 Å². The molecular weight excluding hydrogens is 576 g/mol. The van der Waals surface area contributed by atoms with Gasteiger partial charge in [0.1, 0.15) is 16.7 Å². The molecule has 4 nitrogen and oxygen atoms in total. The summed E-state index contributed by atoms with van der Waals surface area (Å²) in [6.07, 6.45) is 0. The summed E-state index contributed by atoms with van der Waals surface area (Å²) in [5.74, 6) is 0.604. The van der Waals surface area contributed by atoms with Crippen LogP contribution in [0.1, 0.15) is 0 Å². The van der Waals surface area contributed by atoms with Crippen LogP contribution in [-0.2, 0) is 0 Å². The molecule has 0 aliphatic heterocycles. The maximum absolute atomic E-state index is 6.48. The smallest absolute Gasteiger partial charge is 0.227 e. The fourth-order valence-corrected chi connectivity index (χ4v) is 6.34. The van der Waals surface area contributed by atoms with E-state index in [9.17, 15) is 0 Å². The molecule has 0 unspecified atom stereocenters. The van der Waals surface area contributed by atoms with E-state index in [4.69, 9.17) is 13.8 Å². The minimum Gasteiger partial charge on any atom is -0.456 e. The van der Waals surface area contributed by atoms with Gasteiger partial charge in [0.25, 0.3) is 0 Å². The number of rotatable bonds is 6. The van der Waals surface area contributed by atoms with E-state index in [0.717, 1.165) is 55.7 Å². The van der Waals surface area contributed by atoms with Crippen LogP contribution in [0.3, 0.4) is 0 Å². The molecular formula is C43H28N2O2. The number of aromatic nitrogens is 1. The van der Waals surface area contributed by atoms with Gasteiger partial charge in [-0.25, -0.2) is 4.98 Å². The first-order chi connectivity index (χ1) is 23.3. The first kappa shape index (κ1) is 27.0. The number of nitrogens with zero attached hydrogens (tertiary/aromatic N) is 2. The Kier molecular flexibility index (Phi) is 6.43. The molecule has 0 saturated carbocycles. The number of furan rings is 1. The van der Waals surface area contributed by atoms with Crippen molar-refractivity contribution in [1.82, 2.24) is 4.98 Å². The number of hydrogen-bond acceptors (Lipinski definition) is 4. The summed E-state index contributed by atoms with van der Waals surface area (Å²) in [5, 5.41) is 2.03. The van der Waals surface area contributed by atoms with Crippen LogP contribution in [0.4, 0.5) is 17.1 Å². The van der Waals surface area contributed by atoms with E-state index in [2.05, 4.69) is 120 Å². The summed E-state index contributed by atoms with van der Waals surface area (Å²) in [6, 6.07) is 58.8. The minimum absolute atomic E-state index is 0.604. The average Bonchev–Trinajstić information content (AvgIpc) is 3.72. The normalized spacial score (nSPS) is 11.4. The fourth-order valence-electron chi connectivity index (χ4n) is 6.34. The van der Waals surface area contributed by atoms with Crippen molar-refractivity contribution < 1.29 is 8.83 Å². The van der Waals surface area contributed by atoms with E-state index >= 15 is 0 Å². The summed E-state index contributed by atoms with van der Waals surface area (Å²) in [7, 11) is 0. The van der Waals surface area contributed by atoms with E-state index in [1.54, 1.807) is 0 Å². The second-order valence-corrected chi connectivity index (χ2v) is 11.6. The Bertz CT molecular complexity index is 2400. The van der Waals surface area contributed by atoms with Crippen LogP contribution < -0.4 is 4.90 Å². The molecule has 47 heavy (non-hydrogen) atoms. The monoisotopic (exact) mass is 604 g/mol. The zero-order valence-corrected chi connectivity index (χ0v) is 25.4. The summed E-state index contributed by atoms with van der Waals surface area (Å²) in [5.41, 5.74) is 11.9. The van der Waals surface area contributed by atoms with Crippen molar-refractivity contribution in [2.45, 2.75) is 0 Å². The van der Waals surface area contributed by atoms with Crippen LogP contribution in [0, 0.1) is 0 Å². The topological polar surface area (TPSA) is 42.4 Å². The number of oxazole rings is 1. The van der Waals surface area contributed by atoms with Crippen molar-refractivity contribution >= 4 is 50.1 Å². The predicted molar refractivity (Wildman–Crippen MR) is 192 cm³/mol. The van der Waals surface area contributed by atoms with E-state index in [0.29, 0.717) is 5.89 Å². The van der Waals surface area contributed by atoms with Gasteiger partial charge < -0.3 is 13.7 Å². The average molecular weight is 605 g/mol. The van der Waals surface area contributed by atoms with Crippen molar-refractivity contribution in [3.05, 3.63) is 170 Å². The Balaban J connectivity index is 1.14. The molecule has 7 aromatic carbocycles. The van der Waals surface area contributed by atoms with Gasteiger partial charge >= 0.3 is 0 Å². The van der Waals surface area contributed by atoms with Crippen molar-refractivity contribution in [1.29, 1.82) is 0 Å². The molecule has 0 aliphatic rings. The maximum Gasteiger partial charge on any atom is 0.227 e. The summed E-state index contributed by atoms with van der Waals surface area (Å²) >= 11 is 0. The van der Waals surface area contributed by atoms with Gasteiger partial charge in [0, 0.05) is 45.5 Å². The quantitative estimate of drug-likeness (QED) is 0.189. The van der Waals surface area contributed by atoms with Gasteiger partial charge in [-0.05, 0) is 76.9 Å². The molecule has 0 N–H and O–H groups in total. The molecule has 0 aliphatic carbocycles. The first-order valence-electron chi connectivity index (χ1n) is 15.7. The summed E-state index contributed by atoms with van der Waals surface area (Å²) < 4.78 is 12.7. The Morgan fingerprint density at radius 3 is 1.43 bits per heavy atom. The first-order valence-corrected chi connectivity index (χ1v) is 15.7. The van der Waals surface area contributed by atoms with Crippen LogP contribution >= 0.6 is 0 Å². The highest BCUT2D eigenvalue weighted by Crippen LogP contribution is 2.40. The fraction of sp³-hybridized carbons (Fsp3) is 0. The lowest BCUT2D eigenvalue weighted by Crippen LogP contribution is -2.09. The number of benzene rings is 7. The Morgan fingerprint density at radius 2 is 0.851 bits per heavy atom. The van der Waals surface area contributed by atoms with Gasteiger partial charge in [0.05, 0.1) is 0 Å². The summed E-state index contributed by atoms with van der Waals surface area (Å²) in [6.45, 7) is 0. The number of anilines is 3. The lowest BCUT2D eigenvalue weighted by molar-refractivity contribution is 0.620. The third kappa shape index (κ3) is 4.93. The molecule has 2 heterocycles. The van der Waals surface area contributed by atoms with Crippen molar-refractivity contribution in [3.63, 3.8) is 0 Å². The SMILES string of the molecule is c1ccc(-c2ccc(N(c3ccc(-c4ccccc4)cc3)c3ccc4c(c3)oc3cc5nc(-c6ccccc6)oc5cc34)cc2)cc1. The second kappa shape index (κ2) is 11.2. The third-order valence-corrected chi connectivity index (χ3v) is 8.71. The lowest BCUT2D eigenvalue weighted by Gasteiger charge is -2.26. The van der Waals surface area contributed by atoms with Crippen molar-refractivity contribution in [2.75, 3.05) is 4.90 Å².